The van der Waals surface area contributed by atoms with Crippen molar-refractivity contribution in [3.05, 3.63) is 84.1 Å². The third kappa shape index (κ3) is 4.34. The standard InChI is InChI=1S/C25H20F2N4O2S/c1-14-24(32)31(13-15-8-16(26)10-17(27)9-15)22-11-18(6-7-23(22)34-14)29-25(33)30-21-12-28-20-5-3-2-4-19(20)21/h2-12,14,28H,13H2,1H3,(H2,29,30,33). The lowest BCUT2D eigenvalue weighted by Crippen LogP contribution is -2.39. The van der Waals surface area contributed by atoms with Crippen LogP contribution in [0.2, 0.25) is 0 Å². The zero-order valence-electron chi connectivity index (χ0n) is 18.1. The number of para-hydroxylation sites is 1. The highest BCUT2D eigenvalue weighted by molar-refractivity contribution is 8.01. The highest BCUT2D eigenvalue weighted by Crippen LogP contribution is 2.41. The lowest BCUT2D eigenvalue weighted by Gasteiger charge is -2.33. The van der Waals surface area contributed by atoms with Gasteiger partial charge in [0.1, 0.15) is 11.6 Å². The summed E-state index contributed by atoms with van der Waals surface area (Å²) in [6.45, 7) is 1.80. The second kappa shape index (κ2) is 8.83. The van der Waals surface area contributed by atoms with Crippen LogP contribution in [0.25, 0.3) is 10.9 Å². The van der Waals surface area contributed by atoms with E-state index in [0.717, 1.165) is 21.9 Å². The zero-order valence-corrected chi connectivity index (χ0v) is 18.9. The van der Waals surface area contributed by atoms with Crippen LogP contribution in [0.4, 0.5) is 30.6 Å². The average molecular weight is 479 g/mol. The van der Waals surface area contributed by atoms with Gasteiger partial charge in [-0.3, -0.25) is 4.79 Å². The van der Waals surface area contributed by atoms with Crippen molar-refractivity contribution in [3.8, 4) is 0 Å². The maximum absolute atomic E-state index is 13.7. The van der Waals surface area contributed by atoms with Crippen LogP contribution in [0.5, 0.6) is 0 Å². The Morgan fingerprint density at radius 3 is 2.62 bits per heavy atom. The molecule has 1 aliphatic heterocycles. The van der Waals surface area contributed by atoms with Crippen LogP contribution in [-0.4, -0.2) is 22.2 Å². The number of carbonyl (C=O) groups excluding carboxylic acids is 2. The fourth-order valence-corrected chi connectivity index (χ4v) is 5.04. The molecule has 2 heterocycles. The first-order valence-electron chi connectivity index (χ1n) is 10.6. The normalized spacial score (nSPS) is 15.3. The van der Waals surface area contributed by atoms with Gasteiger partial charge in [-0.2, -0.15) is 0 Å². The molecule has 0 radical (unpaired) electrons. The molecule has 0 spiro atoms. The molecule has 1 atom stereocenters. The molecule has 9 heteroatoms. The first kappa shape index (κ1) is 22.0. The molecule has 3 aromatic carbocycles. The van der Waals surface area contributed by atoms with Crippen LogP contribution >= 0.6 is 11.8 Å². The number of benzene rings is 3. The Morgan fingerprint density at radius 1 is 1.06 bits per heavy atom. The fourth-order valence-electron chi connectivity index (χ4n) is 3.99. The summed E-state index contributed by atoms with van der Waals surface area (Å²) in [6.07, 6.45) is 1.72. The van der Waals surface area contributed by atoms with Gasteiger partial charge >= 0.3 is 6.03 Å². The van der Waals surface area contributed by atoms with Gasteiger partial charge in [-0.05, 0) is 48.9 Å². The van der Waals surface area contributed by atoms with Gasteiger partial charge < -0.3 is 20.5 Å². The van der Waals surface area contributed by atoms with E-state index in [-0.39, 0.29) is 17.7 Å². The van der Waals surface area contributed by atoms with E-state index in [4.69, 9.17) is 0 Å². The third-order valence-corrected chi connectivity index (χ3v) is 6.68. The van der Waals surface area contributed by atoms with Gasteiger partial charge in [0.2, 0.25) is 5.91 Å². The Hall–Kier alpha value is -3.85. The summed E-state index contributed by atoms with van der Waals surface area (Å²) >= 11 is 1.40. The van der Waals surface area contributed by atoms with Crippen LogP contribution in [0.15, 0.2) is 71.8 Å². The summed E-state index contributed by atoms with van der Waals surface area (Å²) in [5.74, 6) is -1.58. The number of aromatic amines is 1. The SMILES string of the molecule is CC1Sc2ccc(NC(=O)Nc3c[nH]c4ccccc34)cc2N(Cc2cc(F)cc(F)c2)C1=O. The Bertz CT molecular complexity index is 1400. The lowest BCUT2D eigenvalue weighted by molar-refractivity contribution is -0.118. The number of rotatable bonds is 4. The van der Waals surface area contributed by atoms with Crippen molar-refractivity contribution in [3.63, 3.8) is 0 Å². The summed E-state index contributed by atoms with van der Waals surface area (Å²) in [4.78, 5) is 31.0. The number of aromatic nitrogens is 1. The van der Waals surface area contributed by atoms with E-state index in [1.54, 1.807) is 25.3 Å². The molecule has 172 valence electrons. The minimum atomic E-state index is -0.702. The summed E-state index contributed by atoms with van der Waals surface area (Å²) in [5, 5.41) is 6.15. The van der Waals surface area contributed by atoms with Crippen molar-refractivity contribution in [2.24, 2.45) is 0 Å². The number of urea groups is 1. The first-order valence-corrected chi connectivity index (χ1v) is 11.5. The topological polar surface area (TPSA) is 77.2 Å². The number of hydrogen-bond donors (Lipinski definition) is 3. The number of fused-ring (bicyclic) bond motifs is 2. The first-order chi connectivity index (χ1) is 16.4. The number of amides is 3. The molecule has 0 fully saturated rings. The largest absolute Gasteiger partial charge is 0.359 e. The van der Waals surface area contributed by atoms with Gasteiger partial charge in [-0.15, -0.1) is 11.8 Å². The number of hydrogen-bond acceptors (Lipinski definition) is 3. The molecule has 3 N–H and O–H groups in total. The number of halogens is 2. The van der Waals surface area contributed by atoms with E-state index in [1.165, 1.54) is 28.8 Å². The number of anilines is 3. The van der Waals surface area contributed by atoms with Crippen LogP contribution in [0, 0.1) is 11.6 Å². The van der Waals surface area contributed by atoms with E-state index < -0.39 is 17.7 Å². The third-order valence-electron chi connectivity index (χ3n) is 5.53. The summed E-state index contributed by atoms with van der Waals surface area (Å²) < 4.78 is 27.4. The highest BCUT2D eigenvalue weighted by Gasteiger charge is 2.31. The molecule has 1 aliphatic rings. The van der Waals surface area contributed by atoms with Crippen LogP contribution in [0.3, 0.4) is 0 Å². The predicted molar refractivity (Wildman–Crippen MR) is 130 cm³/mol. The van der Waals surface area contributed by atoms with Crippen molar-refractivity contribution < 1.29 is 18.4 Å². The summed E-state index contributed by atoms with van der Waals surface area (Å²) in [7, 11) is 0. The zero-order chi connectivity index (χ0) is 23.8. The number of carbonyl (C=O) groups is 2. The van der Waals surface area contributed by atoms with E-state index in [0.29, 0.717) is 22.6 Å². The summed E-state index contributed by atoms with van der Waals surface area (Å²) in [6, 6.07) is 15.6. The molecule has 5 rings (SSSR count). The lowest BCUT2D eigenvalue weighted by atomic mass is 10.1. The molecule has 1 unspecified atom stereocenters. The smallest absolute Gasteiger partial charge is 0.323 e. The van der Waals surface area contributed by atoms with Gasteiger partial charge in [0.15, 0.2) is 0 Å². The quantitative estimate of drug-likeness (QED) is 0.331. The van der Waals surface area contributed by atoms with Gasteiger partial charge in [-0.25, -0.2) is 13.6 Å². The van der Waals surface area contributed by atoms with Gasteiger partial charge in [0.05, 0.1) is 23.2 Å². The molecule has 6 nitrogen and oxygen atoms in total. The van der Waals surface area contributed by atoms with Crippen LogP contribution in [-0.2, 0) is 11.3 Å². The second-order valence-corrected chi connectivity index (χ2v) is 9.35. The Kier molecular flexibility index (Phi) is 5.70. The molecule has 0 bridgehead atoms. The maximum Gasteiger partial charge on any atom is 0.323 e. The molecule has 4 aromatic rings. The number of thioether (sulfide) groups is 1. The van der Waals surface area contributed by atoms with E-state index in [1.807, 2.05) is 30.3 Å². The highest BCUT2D eigenvalue weighted by atomic mass is 32.2. The van der Waals surface area contributed by atoms with E-state index >= 15 is 0 Å². The summed E-state index contributed by atoms with van der Waals surface area (Å²) in [5.41, 5.74) is 2.93. The Balaban J connectivity index is 1.39. The molecule has 1 aromatic heterocycles. The van der Waals surface area contributed by atoms with Gasteiger partial charge in [-0.1, -0.05) is 18.2 Å². The van der Waals surface area contributed by atoms with Crippen molar-refractivity contribution in [2.45, 2.75) is 23.6 Å². The molecule has 0 saturated carbocycles. The predicted octanol–water partition coefficient (Wildman–Crippen LogP) is 6.12. The molecular weight excluding hydrogens is 458 g/mol. The minimum Gasteiger partial charge on any atom is -0.359 e. The molecule has 0 aliphatic carbocycles. The van der Waals surface area contributed by atoms with E-state index in [2.05, 4.69) is 15.6 Å². The monoisotopic (exact) mass is 478 g/mol. The van der Waals surface area contributed by atoms with Crippen LogP contribution < -0.4 is 15.5 Å². The van der Waals surface area contributed by atoms with Crippen molar-refractivity contribution in [1.82, 2.24) is 4.98 Å². The molecule has 34 heavy (non-hydrogen) atoms. The van der Waals surface area contributed by atoms with E-state index in [9.17, 15) is 18.4 Å². The second-order valence-electron chi connectivity index (χ2n) is 7.97. The minimum absolute atomic E-state index is 0.0103. The molecular formula is C25H20F2N4O2S. The number of H-pyrrole nitrogens is 1. The average Bonchev–Trinajstić information content (AvgIpc) is 3.19. The molecule has 0 saturated heterocycles. The van der Waals surface area contributed by atoms with Gasteiger partial charge in [0, 0.05) is 33.7 Å². The molecule has 3 amide bonds. The number of nitrogens with zero attached hydrogens (tertiary/aromatic N) is 1. The van der Waals surface area contributed by atoms with Gasteiger partial charge in [0.25, 0.3) is 0 Å². The maximum atomic E-state index is 13.7. The Morgan fingerprint density at radius 2 is 1.82 bits per heavy atom. The van der Waals surface area contributed by atoms with Crippen molar-refractivity contribution in [1.29, 1.82) is 0 Å². The fraction of sp³-hybridized carbons (Fsp3) is 0.120. The van der Waals surface area contributed by atoms with Crippen molar-refractivity contribution in [2.75, 3.05) is 15.5 Å². The van der Waals surface area contributed by atoms with Crippen molar-refractivity contribution >= 4 is 51.7 Å². The Labute approximate surface area is 198 Å². The number of nitrogens with one attached hydrogen (secondary N) is 3. The van der Waals surface area contributed by atoms with Crippen LogP contribution in [0.1, 0.15) is 12.5 Å².